The SMILES string of the molecule is CC(C)Oc1cccc(/C(O)=C2/C(=O)C(=O)N(c3ccccc3O)C2c2ccccc2)c1. The molecule has 0 spiro atoms. The van der Waals surface area contributed by atoms with Crippen molar-refractivity contribution in [3.8, 4) is 11.5 Å². The predicted octanol–water partition coefficient (Wildman–Crippen LogP) is 4.81. The number of anilines is 1. The van der Waals surface area contributed by atoms with Crippen LogP contribution in [0.2, 0.25) is 0 Å². The highest BCUT2D eigenvalue weighted by Crippen LogP contribution is 2.44. The maximum absolute atomic E-state index is 13.1. The number of aromatic hydroxyl groups is 1. The van der Waals surface area contributed by atoms with Gasteiger partial charge in [0.25, 0.3) is 11.7 Å². The second-order valence-corrected chi connectivity index (χ2v) is 7.76. The minimum absolute atomic E-state index is 0.0499. The summed E-state index contributed by atoms with van der Waals surface area (Å²) in [4.78, 5) is 27.5. The highest BCUT2D eigenvalue weighted by atomic mass is 16.5. The normalized spacial score (nSPS) is 17.7. The van der Waals surface area contributed by atoms with Crippen molar-refractivity contribution in [2.24, 2.45) is 0 Å². The number of aliphatic hydroxyl groups is 1. The summed E-state index contributed by atoms with van der Waals surface area (Å²) in [6.07, 6.45) is -0.0663. The first-order chi connectivity index (χ1) is 15.4. The number of aliphatic hydroxyl groups excluding tert-OH is 1. The third kappa shape index (κ3) is 3.83. The molecular weight excluding hydrogens is 406 g/mol. The average Bonchev–Trinajstić information content (AvgIpc) is 3.04. The van der Waals surface area contributed by atoms with Crippen LogP contribution in [0.3, 0.4) is 0 Å². The fraction of sp³-hybridized carbons (Fsp3) is 0.154. The van der Waals surface area contributed by atoms with Crippen molar-refractivity contribution in [2.45, 2.75) is 26.0 Å². The van der Waals surface area contributed by atoms with Gasteiger partial charge in [0.15, 0.2) is 0 Å². The molecule has 0 radical (unpaired) electrons. The third-order valence-corrected chi connectivity index (χ3v) is 5.18. The molecule has 3 aromatic rings. The summed E-state index contributed by atoms with van der Waals surface area (Å²) in [5.41, 5.74) is 1.14. The molecular formula is C26H23NO5. The Labute approximate surface area is 186 Å². The highest BCUT2D eigenvalue weighted by molar-refractivity contribution is 6.51. The van der Waals surface area contributed by atoms with Crippen molar-refractivity contribution in [3.63, 3.8) is 0 Å². The van der Waals surface area contributed by atoms with Crippen LogP contribution in [0.5, 0.6) is 11.5 Å². The van der Waals surface area contributed by atoms with E-state index in [4.69, 9.17) is 4.74 Å². The summed E-state index contributed by atoms with van der Waals surface area (Å²) in [5, 5.41) is 21.6. The summed E-state index contributed by atoms with van der Waals surface area (Å²) < 4.78 is 5.70. The Bertz CT molecular complexity index is 1200. The zero-order valence-electron chi connectivity index (χ0n) is 17.7. The number of amides is 1. The van der Waals surface area contributed by atoms with E-state index >= 15 is 0 Å². The van der Waals surface area contributed by atoms with Gasteiger partial charge in [-0.2, -0.15) is 0 Å². The lowest BCUT2D eigenvalue weighted by molar-refractivity contribution is -0.132. The topological polar surface area (TPSA) is 87.1 Å². The molecule has 1 aliphatic heterocycles. The van der Waals surface area contributed by atoms with E-state index in [0.29, 0.717) is 16.9 Å². The number of carbonyl (C=O) groups excluding carboxylic acids is 2. The number of hydrogen-bond donors (Lipinski definition) is 2. The number of phenols is 1. The van der Waals surface area contributed by atoms with E-state index in [1.165, 1.54) is 11.0 Å². The predicted molar refractivity (Wildman–Crippen MR) is 122 cm³/mol. The molecule has 162 valence electrons. The standard InChI is InChI=1S/C26H23NO5/c1-16(2)32-19-12-8-11-18(15-19)24(29)22-23(17-9-4-3-5-10-17)27(26(31)25(22)30)20-13-6-7-14-21(20)28/h3-16,23,28-29H,1-2H3/b24-22-. The summed E-state index contributed by atoms with van der Waals surface area (Å²) in [6, 6.07) is 21.1. The molecule has 2 N–H and O–H groups in total. The number of Topliss-reactive ketones (excluding diaryl/α,β-unsaturated/α-hetero) is 1. The Morgan fingerprint density at radius 2 is 1.62 bits per heavy atom. The summed E-state index contributed by atoms with van der Waals surface area (Å²) in [6.45, 7) is 3.78. The van der Waals surface area contributed by atoms with Crippen molar-refractivity contribution in [2.75, 3.05) is 4.90 Å². The fourth-order valence-corrected chi connectivity index (χ4v) is 3.84. The molecule has 0 aliphatic carbocycles. The molecule has 1 unspecified atom stereocenters. The molecule has 1 amide bonds. The minimum Gasteiger partial charge on any atom is -0.507 e. The second-order valence-electron chi connectivity index (χ2n) is 7.76. The van der Waals surface area contributed by atoms with Gasteiger partial charge in [0.1, 0.15) is 17.3 Å². The Morgan fingerprint density at radius 1 is 0.938 bits per heavy atom. The van der Waals surface area contributed by atoms with E-state index in [9.17, 15) is 19.8 Å². The van der Waals surface area contributed by atoms with Gasteiger partial charge in [0.2, 0.25) is 0 Å². The lowest BCUT2D eigenvalue weighted by atomic mass is 9.95. The average molecular weight is 429 g/mol. The van der Waals surface area contributed by atoms with Crippen LogP contribution < -0.4 is 9.64 Å². The third-order valence-electron chi connectivity index (χ3n) is 5.18. The molecule has 1 aliphatic rings. The number of hydrogen-bond acceptors (Lipinski definition) is 5. The number of rotatable bonds is 5. The number of carbonyl (C=O) groups is 2. The Kier molecular flexibility index (Phi) is 5.69. The van der Waals surface area contributed by atoms with Gasteiger partial charge in [-0.25, -0.2) is 0 Å². The maximum atomic E-state index is 13.1. The Hall–Kier alpha value is -4.06. The Morgan fingerprint density at radius 3 is 2.31 bits per heavy atom. The first kappa shape index (κ1) is 21.2. The first-order valence-corrected chi connectivity index (χ1v) is 10.3. The van der Waals surface area contributed by atoms with Crippen LogP contribution in [0.4, 0.5) is 5.69 Å². The highest BCUT2D eigenvalue weighted by Gasteiger charge is 2.47. The van der Waals surface area contributed by atoms with E-state index in [-0.39, 0.29) is 28.9 Å². The first-order valence-electron chi connectivity index (χ1n) is 10.3. The van der Waals surface area contributed by atoms with Crippen molar-refractivity contribution < 1.29 is 24.5 Å². The molecule has 1 fully saturated rings. The van der Waals surface area contributed by atoms with Gasteiger partial charge >= 0.3 is 0 Å². The zero-order valence-corrected chi connectivity index (χ0v) is 17.7. The lowest BCUT2D eigenvalue weighted by Crippen LogP contribution is -2.29. The largest absolute Gasteiger partial charge is 0.507 e. The number of phenolic OH excluding ortho intramolecular Hbond substituents is 1. The van der Waals surface area contributed by atoms with Crippen molar-refractivity contribution in [1.82, 2.24) is 0 Å². The van der Waals surface area contributed by atoms with E-state index in [1.807, 2.05) is 19.9 Å². The van der Waals surface area contributed by atoms with Crippen LogP contribution in [-0.4, -0.2) is 28.0 Å². The molecule has 1 heterocycles. The number of nitrogens with zero attached hydrogens (tertiary/aromatic N) is 1. The number of para-hydroxylation sites is 2. The van der Waals surface area contributed by atoms with E-state index in [2.05, 4.69) is 0 Å². The molecule has 6 heteroatoms. The molecule has 32 heavy (non-hydrogen) atoms. The van der Waals surface area contributed by atoms with Gasteiger partial charge in [-0.3, -0.25) is 14.5 Å². The molecule has 0 saturated carbocycles. The second kappa shape index (κ2) is 8.59. The van der Waals surface area contributed by atoms with Crippen LogP contribution in [-0.2, 0) is 9.59 Å². The Balaban J connectivity index is 1.91. The number of benzene rings is 3. The number of ether oxygens (including phenoxy) is 1. The molecule has 4 rings (SSSR count). The van der Waals surface area contributed by atoms with Gasteiger partial charge in [-0.1, -0.05) is 54.6 Å². The van der Waals surface area contributed by atoms with Gasteiger partial charge in [-0.15, -0.1) is 0 Å². The van der Waals surface area contributed by atoms with Crippen LogP contribution >= 0.6 is 0 Å². The van der Waals surface area contributed by atoms with Crippen molar-refractivity contribution in [3.05, 3.63) is 95.6 Å². The lowest BCUT2D eigenvalue weighted by Gasteiger charge is -2.26. The molecule has 3 aromatic carbocycles. The summed E-state index contributed by atoms with van der Waals surface area (Å²) in [5.74, 6) is -1.55. The fourth-order valence-electron chi connectivity index (χ4n) is 3.84. The van der Waals surface area contributed by atoms with Gasteiger partial charge < -0.3 is 14.9 Å². The smallest absolute Gasteiger partial charge is 0.300 e. The molecule has 1 saturated heterocycles. The quantitative estimate of drug-likeness (QED) is 0.345. The van der Waals surface area contributed by atoms with E-state index in [0.717, 1.165) is 0 Å². The monoisotopic (exact) mass is 429 g/mol. The maximum Gasteiger partial charge on any atom is 0.300 e. The summed E-state index contributed by atoms with van der Waals surface area (Å²) >= 11 is 0. The molecule has 0 aromatic heterocycles. The molecule has 0 bridgehead atoms. The van der Waals surface area contributed by atoms with Crippen LogP contribution in [0.1, 0.15) is 31.0 Å². The van der Waals surface area contributed by atoms with E-state index in [1.54, 1.807) is 66.7 Å². The van der Waals surface area contributed by atoms with Gasteiger partial charge in [-0.05, 0) is 43.7 Å². The molecule has 6 nitrogen and oxygen atoms in total. The van der Waals surface area contributed by atoms with Crippen LogP contribution in [0.25, 0.3) is 5.76 Å². The summed E-state index contributed by atoms with van der Waals surface area (Å²) in [7, 11) is 0. The van der Waals surface area contributed by atoms with Crippen LogP contribution in [0, 0.1) is 0 Å². The van der Waals surface area contributed by atoms with Gasteiger partial charge in [0.05, 0.1) is 23.4 Å². The van der Waals surface area contributed by atoms with Gasteiger partial charge in [0, 0.05) is 5.56 Å². The molecule has 1 atom stereocenters. The van der Waals surface area contributed by atoms with Crippen LogP contribution in [0.15, 0.2) is 84.4 Å². The van der Waals surface area contributed by atoms with E-state index < -0.39 is 17.7 Å². The van der Waals surface area contributed by atoms with Crippen molar-refractivity contribution in [1.29, 1.82) is 0 Å². The number of ketones is 1. The minimum atomic E-state index is -0.904. The van der Waals surface area contributed by atoms with Crippen molar-refractivity contribution >= 4 is 23.1 Å². The zero-order chi connectivity index (χ0) is 22.8.